The van der Waals surface area contributed by atoms with Crippen molar-refractivity contribution < 1.29 is 9.16 Å². The van der Waals surface area contributed by atoms with Gasteiger partial charge in [0, 0.05) is 6.21 Å². The number of hydrogen-bond donors (Lipinski definition) is 0. The van der Waals surface area contributed by atoms with Crippen molar-refractivity contribution in [2.45, 2.75) is 51.9 Å². The van der Waals surface area contributed by atoms with Crippen LogP contribution in [0.5, 0.6) is 5.75 Å². The first kappa shape index (κ1) is 16.9. The zero-order valence-electron chi connectivity index (χ0n) is 13.7. The predicted molar refractivity (Wildman–Crippen MR) is 88.9 cm³/mol. The quantitative estimate of drug-likeness (QED) is 0.576. The fraction of sp³-hybridized carbons (Fsp3) is 0.562. The summed E-state index contributed by atoms with van der Waals surface area (Å²) in [4.78, 5) is 4.46. The Balaban J connectivity index is 2.65. The first-order valence-corrected chi connectivity index (χ1v) is 9.92. The number of nitrogens with zero attached hydrogens (tertiary/aromatic N) is 1. The molecule has 0 amide bonds. The van der Waals surface area contributed by atoms with Gasteiger partial charge in [0.05, 0.1) is 18.9 Å². The SMILES string of the molecule is COc1ccc(N=C[C@H](C)O[Si](C)(C)C(C)(C)C)cc1. The largest absolute Gasteiger partial charge is 0.497 e. The van der Waals surface area contributed by atoms with Crippen LogP contribution in [-0.4, -0.2) is 27.7 Å². The molecule has 0 aliphatic rings. The van der Waals surface area contributed by atoms with E-state index in [1.54, 1.807) is 7.11 Å². The Bertz CT molecular complexity index is 447. The van der Waals surface area contributed by atoms with Crippen LogP contribution in [0.4, 0.5) is 5.69 Å². The van der Waals surface area contributed by atoms with Crippen LogP contribution in [-0.2, 0) is 4.43 Å². The molecule has 1 rings (SSSR count). The van der Waals surface area contributed by atoms with Crippen LogP contribution in [0, 0.1) is 0 Å². The lowest BCUT2D eigenvalue weighted by Gasteiger charge is -2.37. The monoisotopic (exact) mass is 293 g/mol. The number of hydrogen-bond acceptors (Lipinski definition) is 3. The summed E-state index contributed by atoms with van der Waals surface area (Å²) in [5, 5.41) is 0.217. The van der Waals surface area contributed by atoms with Crippen molar-refractivity contribution in [3.05, 3.63) is 24.3 Å². The molecule has 0 spiro atoms. The van der Waals surface area contributed by atoms with Crippen LogP contribution in [0.1, 0.15) is 27.7 Å². The van der Waals surface area contributed by atoms with Crippen LogP contribution in [0.25, 0.3) is 0 Å². The fourth-order valence-electron chi connectivity index (χ4n) is 1.53. The molecule has 0 aliphatic heterocycles. The Kier molecular flexibility index (Phi) is 5.54. The average Bonchev–Trinajstić information content (AvgIpc) is 2.35. The molecule has 4 heteroatoms. The molecule has 3 nitrogen and oxygen atoms in total. The van der Waals surface area contributed by atoms with Gasteiger partial charge in [-0.15, -0.1) is 0 Å². The molecule has 1 atom stereocenters. The normalized spacial score (nSPS) is 14.6. The third-order valence-corrected chi connectivity index (χ3v) is 8.37. The minimum Gasteiger partial charge on any atom is -0.497 e. The molecule has 20 heavy (non-hydrogen) atoms. The Labute approximate surface area is 124 Å². The van der Waals surface area contributed by atoms with Gasteiger partial charge in [-0.3, -0.25) is 4.99 Å². The molecule has 0 saturated carbocycles. The third-order valence-electron chi connectivity index (χ3n) is 3.79. The van der Waals surface area contributed by atoms with Gasteiger partial charge in [0.25, 0.3) is 0 Å². The van der Waals surface area contributed by atoms with Gasteiger partial charge in [0.2, 0.25) is 0 Å². The van der Waals surface area contributed by atoms with E-state index in [-0.39, 0.29) is 11.1 Å². The molecular weight excluding hydrogens is 266 g/mol. The summed E-state index contributed by atoms with van der Waals surface area (Å²) in [6.45, 7) is 13.3. The molecule has 112 valence electrons. The maximum absolute atomic E-state index is 6.23. The lowest BCUT2D eigenvalue weighted by molar-refractivity contribution is 0.263. The molecule has 0 unspecified atom stereocenters. The predicted octanol–water partition coefficient (Wildman–Crippen LogP) is 4.81. The van der Waals surface area contributed by atoms with E-state index in [0.29, 0.717) is 0 Å². The zero-order valence-corrected chi connectivity index (χ0v) is 14.7. The highest BCUT2D eigenvalue weighted by atomic mass is 28.4. The van der Waals surface area contributed by atoms with E-state index >= 15 is 0 Å². The molecule has 1 aromatic rings. The van der Waals surface area contributed by atoms with Crippen LogP contribution in [0.3, 0.4) is 0 Å². The van der Waals surface area contributed by atoms with Crippen molar-refractivity contribution in [2.75, 3.05) is 7.11 Å². The van der Waals surface area contributed by atoms with Gasteiger partial charge in [-0.25, -0.2) is 0 Å². The second kappa shape index (κ2) is 6.55. The number of benzene rings is 1. The first-order chi connectivity index (χ1) is 9.15. The van der Waals surface area contributed by atoms with Crippen LogP contribution in [0.2, 0.25) is 18.1 Å². The Morgan fingerprint density at radius 1 is 1.15 bits per heavy atom. The smallest absolute Gasteiger partial charge is 0.192 e. The van der Waals surface area contributed by atoms with Gasteiger partial charge < -0.3 is 9.16 Å². The van der Waals surface area contributed by atoms with Gasteiger partial charge in [0.1, 0.15) is 5.75 Å². The summed E-state index contributed by atoms with van der Waals surface area (Å²) >= 11 is 0. The zero-order chi connectivity index (χ0) is 15.4. The highest BCUT2D eigenvalue weighted by Gasteiger charge is 2.38. The third kappa shape index (κ3) is 4.76. The maximum atomic E-state index is 6.23. The van der Waals surface area contributed by atoms with Gasteiger partial charge >= 0.3 is 0 Å². The summed E-state index contributed by atoms with van der Waals surface area (Å²) in [5.41, 5.74) is 0.913. The Morgan fingerprint density at radius 3 is 2.15 bits per heavy atom. The van der Waals surface area contributed by atoms with E-state index < -0.39 is 8.32 Å². The summed E-state index contributed by atoms with van der Waals surface area (Å²) in [6, 6.07) is 7.70. The van der Waals surface area contributed by atoms with Gasteiger partial charge in [-0.1, -0.05) is 20.8 Å². The number of ether oxygens (including phenoxy) is 1. The minimum absolute atomic E-state index is 0.0259. The summed E-state index contributed by atoms with van der Waals surface area (Å²) in [7, 11) is -0.0720. The van der Waals surface area contributed by atoms with E-state index in [2.05, 4.69) is 38.9 Å². The maximum Gasteiger partial charge on any atom is 0.192 e. The van der Waals surface area contributed by atoms with Crippen molar-refractivity contribution in [3.63, 3.8) is 0 Å². The number of aliphatic imine (C=N–C) groups is 1. The fourth-order valence-corrected chi connectivity index (χ4v) is 2.88. The van der Waals surface area contributed by atoms with Crippen molar-refractivity contribution in [1.82, 2.24) is 0 Å². The molecule has 0 N–H and O–H groups in total. The standard InChI is InChI=1S/C16H27NO2Si/c1-13(19-20(6,7)16(2,3)4)12-17-14-8-10-15(18-5)11-9-14/h8-13H,1-7H3/t13-/m0/s1. The Hall–Kier alpha value is -1.13. The van der Waals surface area contributed by atoms with E-state index in [1.165, 1.54) is 0 Å². The second-order valence-corrected chi connectivity index (χ2v) is 11.3. The molecule has 0 radical (unpaired) electrons. The summed E-state index contributed by atoms with van der Waals surface area (Å²) in [5.74, 6) is 0.842. The van der Waals surface area contributed by atoms with Crippen molar-refractivity contribution in [3.8, 4) is 5.75 Å². The molecule has 0 bridgehead atoms. The van der Waals surface area contributed by atoms with Gasteiger partial charge in [0.15, 0.2) is 8.32 Å². The molecule has 1 aromatic carbocycles. The van der Waals surface area contributed by atoms with Crippen molar-refractivity contribution >= 4 is 20.2 Å². The lowest BCUT2D eigenvalue weighted by atomic mass is 10.2. The summed E-state index contributed by atoms with van der Waals surface area (Å²) in [6.07, 6.45) is 1.90. The lowest BCUT2D eigenvalue weighted by Crippen LogP contribution is -2.43. The molecule has 0 saturated heterocycles. The van der Waals surface area contributed by atoms with E-state index in [1.807, 2.05) is 37.4 Å². The van der Waals surface area contributed by atoms with Crippen molar-refractivity contribution in [2.24, 2.45) is 4.99 Å². The molecular formula is C16H27NO2Si. The molecule has 0 aliphatic carbocycles. The highest BCUT2D eigenvalue weighted by molar-refractivity contribution is 6.74. The van der Waals surface area contributed by atoms with Crippen LogP contribution in [0.15, 0.2) is 29.3 Å². The topological polar surface area (TPSA) is 30.8 Å². The average molecular weight is 293 g/mol. The molecule has 0 heterocycles. The molecule has 0 fully saturated rings. The first-order valence-electron chi connectivity index (χ1n) is 7.02. The van der Waals surface area contributed by atoms with E-state index in [4.69, 9.17) is 9.16 Å². The summed E-state index contributed by atoms with van der Waals surface area (Å²) < 4.78 is 11.4. The minimum atomic E-state index is -1.73. The highest BCUT2D eigenvalue weighted by Crippen LogP contribution is 2.37. The molecule has 0 aromatic heterocycles. The van der Waals surface area contributed by atoms with Gasteiger partial charge in [-0.2, -0.15) is 0 Å². The number of methoxy groups -OCH3 is 1. The van der Waals surface area contributed by atoms with E-state index in [9.17, 15) is 0 Å². The van der Waals surface area contributed by atoms with Crippen LogP contribution < -0.4 is 4.74 Å². The Morgan fingerprint density at radius 2 is 1.70 bits per heavy atom. The second-order valence-electron chi connectivity index (χ2n) is 6.56. The number of rotatable bonds is 5. The van der Waals surface area contributed by atoms with Gasteiger partial charge in [-0.05, 0) is 49.3 Å². The van der Waals surface area contributed by atoms with Crippen LogP contribution >= 0.6 is 0 Å². The van der Waals surface area contributed by atoms with Crippen molar-refractivity contribution in [1.29, 1.82) is 0 Å². The van der Waals surface area contributed by atoms with E-state index in [0.717, 1.165) is 11.4 Å².